The first kappa shape index (κ1) is 13.0. The lowest BCUT2D eigenvalue weighted by molar-refractivity contribution is 0.247. The van der Waals surface area contributed by atoms with E-state index in [1.54, 1.807) is 12.1 Å². The van der Waals surface area contributed by atoms with Gasteiger partial charge in [-0.15, -0.1) is 0 Å². The second-order valence-electron chi connectivity index (χ2n) is 5.65. The molecule has 1 aromatic carbocycles. The summed E-state index contributed by atoms with van der Waals surface area (Å²) in [7, 11) is 0. The normalized spacial score (nSPS) is 21.5. The third-order valence-electron chi connectivity index (χ3n) is 3.84. The Balaban J connectivity index is 2.12. The summed E-state index contributed by atoms with van der Waals surface area (Å²) < 4.78 is 0. The zero-order valence-corrected chi connectivity index (χ0v) is 12.1. The maximum Gasteiger partial charge on any atom is 0.115 e. The molecule has 3 heteroatoms. The van der Waals surface area contributed by atoms with Gasteiger partial charge in [0.1, 0.15) is 5.75 Å². The molecule has 0 radical (unpaired) electrons. The number of rotatable bonds is 2. The van der Waals surface area contributed by atoms with Gasteiger partial charge in [0.2, 0.25) is 0 Å². The zero-order chi connectivity index (χ0) is 14.3. The highest BCUT2D eigenvalue weighted by molar-refractivity contribution is 5.75. The van der Waals surface area contributed by atoms with Crippen LogP contribution in [0.15, 0.2) is 53.6 Å². The van der Waals surface area contributed by atoms with Gasteiger partial charge in [-0.1, -0.05) is 23.8 Å². The molecular weight excluding hydrogens is 248 g/mol. The first-order valence-electron chi connectivity index (χ1n) is 7.02. The fourth-order valence-corrected chi connectivity index (χ4v) is 2.80. The van der Waals surface area contributed by atoms with Crippen LogP contribution in [0.3, 0.4) is 0 Å². The molecule has 1 heterocycles. The van der Waals surface area contributed by atoms with Gasteiger partial charge in [0.25, 0.3) is 0 Å². The topological polar surface area (TPSA) is 35.5 Å². The van der Waals surface area contributed by atoms with Crippen LogP contribution in [-0.2, 0) is 0 Å². The van der Waals surface area contributed by atoms with E-state index in [9.17, 15) is 5.11 Å². The molecule has 104 valence electrons. The summed E-state index contributed by atoms with van der Waals surface area (Å²) in [5, 5.41) is 11.7. The van der Waals surface area contributed by atoms with Crippen molar-refractivity contribution in [3.05, 3.63) is 59.2 Å². The predicted octanol–water partition coefficient (Wildman–Crippen LogP) is 3.22. The molecule has 1 aromatic rings. The smallest absolute Gasteiger partial charge is 0.115 e. The minimum atomic E-state index is 0.256. The summed E-state index contributed by atoms with van der Waals surface area (Å²) >= 11 is 0. The summed E-state index contributed by atoms with van der Waals surface area (Å²) in [6.07, 6.45) is 6.43. The lowest BCUT2D eigenvalue weighted by Gasteiger charge is -2.28. The number of phenols is 1. The first-order chi connectivity index (χ1) is 9.58. The van der Waals surface area contributed by atoms with Gasteiger partial charge in [-0.2, -0.15) is 0 Å². The molecular formula is C17H20N2O. The largest absolute Gasteiger partial charge is 0.508 e. The second-order valence-corrected chi connectivity index (χ2v) is 5.65. The molecule has 3 nitrogen and oxygen atoms in total. The summed E-state index contributed by atoms with van der Waals surface area (Å²) in [4.78, 5) is 0. The molecule has 0 saturated heterocycles. The van der Waals surface area contributed by atoms with Crippen molar-refractivity contribution < 1.29 is 5.11 Å². The van der Waals surface area contributed by atoms with Crippen molar-refractivity contribution in [2.75, 3.05) is 0 Å². The predicted molar refractivity (Wildman–Crippen MR) is 81.8 cm³/mol. The van der Waals surface area contributed by atoms with E-state index in [0.717, 1.165) is 5.56 Å². The number of fused-ring (bicyclic) bond motifs is 1. The Morgan fingerprint density at radius 3 is 2.55 bits per heavy atom. The molecule has 2 aliphatic rings. The van der Waals surface area contributed by atoms with E-state index < -0.39 is 0 Å². The van der Waals surface area contributed by atoms with Gasteiger partial charge in [-0.05, 0) is 50.6 Å². The Kier molecular flexibility index (Phi) is 3.14. The van der Waals surface area contributed by atoms with Crippen molar-refractivity contribution in [3.63, 3.8) is 0 Å². The van der Waals surface area contributed by atoms with Gasteiger partial charge in [0.15, 0.2) is 0 Å². The number of hydrogen-bond acceptors (Lipinski definition) is 3. The van der Waals surface area contributed by atoms with Crippen LogP contribution in [0, 0.1) is 0 Å². The fourth-order valence-electron chi connectivity index (χ4n) is 2.80. The minimum absolute atomic E-state index is 0.256. The first-order valence-corrected chi connectivity index (χ1v) is 7.02. The lowest BCUT2D eigenvalue weighted by Crippen LogP contribution is -2.42. The molecule has 0 saturated carbocycles. The van der Waals surface area contributed by atoms with Crippen molar-refractivity contribution in [1.82, 2.24) is 10.4 Å². The molecule has 1 unspecified atom stereocenters. The van der Waals surface area contributed by atoms with Crippen LogP contribution in [0.1, 0.15) is 26.3 Å². The van der Waals surface area contributed by atoms with E-state index in [-0.39, 0.29) is 6.04 Å². The van der Waals surface area contributed by atoms with Gasteiger partial charge >= 0.3 is 0 Å². The summed E-state index contributed by atoms with van der Waals surface area (Å²) in [6.45, 7) is 6.50. The van der Waals surface area contributed by atoms with Crippen LogP contribution < -0.4 is 5.43 Å². The van der Waals surface area contributed by atoms with Crippen molar-refractivity contribution in [2.45, 2.75) is 32.9 Å². The quantitative estimate of drug-likeness (QED) is 0.864. The van der Waals surface area contributed by atoms with Crippen molar-refractivity contribution in [2.24, 2.45) is 0 Å². The number of hydrogen-bond donors (Lipinski definition) is 2. The van der Waals surface area contributed by atoms with Crippen LogP contribution in [0.2, 0.25) is 0 Å². The van der Waals surface area contributed by atoms with Crippen LogP contribution in [0.4, 0.5) is 0 Å². The lowest BCUT2D eigenvalue weighted by atomic mass is 9.93. The number of benzene rings is 1. The second kappa shape index (κ2) is 4.84. The van der Waals surface area contributed by atoms with E-state index in [0.29, 0.717) is 11.8 Å². The Bertz CT molecular complexity index is 608. The highest BCUT2D eigenvalue weighted by Crippen LogP contribution is 2.36. The van der Waals surface area contributed by atoms with Gasteiger partial charge in [-0.25, -0.2) is 5.43 Å². The van der Waals surface area contributed by atoms with Crippen LogP contribution in [0.5, 0.6) is 5.75 Å². The Labute approximate surface area is 119 Å². The average molecular weight is 268 g/mol. The van der Waals surface area contributed by atoms with E-state index >= 15 is 0 Å². The Hall–Kier alpha value is -2.00. The summed E-state index contributed by atoms with van der Waals surface area (Å²) in [5.74, 6) is 0.299. The maximum atomic E-state index is 9.48. The van der Waals surface area contributed by atoms with E-state index in [1.807, 2.05) is 12.1 Å². The number of allylic oxidation sites excluding steroid dienone is 2. The van der Waals surface area contributed by atoms with Crippen LogP contribution in [-0.4, -0.2) is 22.2 Å². The maximum absolute atomic E-state index is 9.48. The van der Waals surface area contributed by atoms with E-state index in [4.69, 9.17) is 0 Å². The number of aromatic hydroxyl groups is 1. The van der Waals surface area contributed by atoms with Crippen molar-refractivity contribution in [1.29, 1.82) is 0 Å². The van der Waals surface area contributed by atoms with Gasteiger partial charge in [-0.3, -0.25) is 0 Å². The van der Waals surface area contributed by atoms with Gasteiger partial charge < -0.3 is 10.1 Å². The molecule has 0 fully saturated rings. The standard InChI is InChI=1S/C17H20N2O/c1-11(2)19-17(13-7-9-14(20)10-8-13)15-6-4-5-12(3)16(15)18-19/h4-11,16,18,20H,1-3H3. The molecule has 20 heavy (non-hydrogen) atoms. The van der Waals surface area contributed by atoms with E-state index in [2.05, 4.69) is 49.4 Å². The Morgan fingerprint density at radius 1 is 1.20 bits per heavy atom. The molecule has 1 aliphatic heterocycles. The fraction of sp³-hybridized carbons (Fsp3) is 0.294. The van der Waals surface area contributed by atoms with Crippen molar-refractivity contribution >= 4 is 5.70 Å². The minimum Gasteiger partial charge on any atom is -0.508 e. The highest BCUT2D eigenvalue weighted by atomic mass is 16.3. The summed E-state index contributed by atoms with van der Waals surface area (Å²) in [6, 6.07) is 8.04. The van der Waals surface area contributed by atoms with Gasteiger partial charge in [0.05, 0.1) is 11.7 Å². The number of phenolic OH excluding ortho intramolecular Hbond substituents is 1. The monoisotopic (exact) mass is 268 g/mol. The molecule has 0 amide bonds. The Morgan fingerprint density at radius 2 is 1.90 bits per heavy atom. The molecule has 2 N–H and O–H groups in total. The third kappa shape index (κ3) is 2.04. The van der Waals surface area contributed by atoms with Crippen LogP contribution in [0.25, 0.3) is 5.70 Å². The SMILES string of the molecule is CC1=CC=CC2=C(c3ccc(O)cc3)N(C(C)C)NC12. The molecule has 0 bridgehead atoms. The average Bonchev–Trinajstić information content (AvgIpc) is 2.81. The number of nitrogens with one attached hydrogen (secondary N) is 1. The highest BCUT2D eigenvalue weighted by Gasteiger charge is 2.33. The van der Waals surface area contributed by atoms with Crippen LogP contribution >= 0.6 is 0 Å². The third-order valence-corrected chi connectivity index (χ3v) is 3.84. The number of nitrogens with zero attached hydrogens (tertiary/aromatic N) is 1. The summed E-state index contributed by atoms with van der Waals surface area (Å²) in [5.41, 5.74) is 8.53. The molecule has 0 spiro atoms. The molecule has 1 atom stereocenters. The molecule has 1 aliphatic carbocycles. The molecule has 3 rings (SSSR count). The van der Waals surface area contributed by atoms with Gasteiger partial charge in [0, 0.05) is 11.6 Å². The number of hydrazine groups is 1. The molecule has 0 aromatic heterocycles. The van der Waals surface area contributed by atoms with Crippen molar-refractivity contribution in [3.8, 4) is 5.75 Å². The van der Waals surface area contributed by atoms with E-state index in [1.165, 1.54) is 16.8 Å². The zero-order valence-electron chi connectivity index (χ0n) is 12.1.